The summed E-state index contributed by atoms with van der Waals surface area (Å²) in [6.45, 7) is 0. The minimum absolute atomic E-state index is 0.0763. The molecule has 18 heavy (non-hydrogen) atoms. The Bertz CT molecular complexity index is 500. The number of hydrazone groups is 1. The summed E-state index contributed by atoms with van der Waals surface area (Å²) in [7, 11) is 0. The number of hydrogen-bond acceptors (Lipinski definition) is 4. The molecule has 0 saturated heterocycles. The first-order valence-electron chi connectivity index (χ1n) is 4.76. The van der Waals surface area contributed by atoms with Crippen molar-refractivity contribution < 1.29 is 22.7 Å². The van der Waals surface area contributed by atoms with Crippen molar-refractivity contribution >= 4 is 23.0 Å². The Hall–Kier alpha value is -1.61. The van der Waals surface area contributed by atoms with Crippen LogP contribution in [0.2, 0.25) is 0 Å². The SMILES string of the molecule is NC(=S)N1N=C(c2ccco2)C[C@]1(O)C(F)(F)F. The van der Waals surface area contributed by atoms with Crippen molar-refractivity contribution in [3.63, 3.8) is 0 Å². The number of furan rings is 1. The van der Waals surface area contributed by atoms with E-state index < -0.39 is 23.4 Å². The second-order valence-electron chi connectivity index (χ2n) is 3.67. The Morgan fingerprint density at radius 1 is 1.61 bits per heavy atom. The molecule has 0 fully saturated rings. The zero-order valence-corrected chi connectivity index (χ0v) is 9.63. The van der Waals surface area contributed by atoms with Crippen LogP contribution in [0.1, 0.15) is 12.2 Å². The van der Waals surface area contributed by atoms with Crippen LogP contribution in [0.4, 0.5) is 13.2 Å². The van der Waals surface area contributed by atoms with Crippen LogP contribution in [-0.2, 0) is 0 Å². The van der Waals surface area contributed by atoms with Crippen molar-refractivity contribution in [2.45, 2.75) is 18.3 Å². The van der Waals surface area contributed by atoms with Gasteiger partial charge in [0.1, 0.15) is 11.5 Å². The first-order valence-corrected chi connectivity index (χ1v) is 5.16. The zero-order valence-electron chi connectivity index (χ0n) is 8.81. The first-order chi connectivity index (χ1) is 8.25. The summed E-state index contributed by atoms with van der Waals surface area (Å²) in [5.74, 6) is 0.122. The second-order valence-corrected chi connectivity index (χ2v) is 4.08. The first kappa shape index (κ1) is 12.8. The molecule has 0 bridgehead atoms. The Labute approximate surface area is 105 Å². The van der Waals surface area contributed by atoms with E-state index in [4.69, 9.17) is 10.2 Å². The molecule has 1 aromatic heterocycles. The van der Waals surface area contributed by atoms with Gasteiger partial charge in [0.05, 0.1) is 12.7 Å². The molecule has 1 aliphatic rings. The molecule has 0 saturated carbocycles. The number of nitrogens with two attached hydrogens (primary N) is 1. The van der Waals surface area contributed by atoms with E-state index >= 15 is 0 Å². The van der Waals surface area contributed by atoms with Gasteiger partial charge in [-0.25, -0.2) is 0 Å². The van der Waals surface area contributed by atoms with E-state index in [0.717, 1.165) is 0 Å². The molecule has 2 heterocycles. The van der Waals surface area contributed by atoms with Gasteiger partial charge in [0.2, 0.25) is 0 Å². The predicted octanol–water partition coefficient (Wildman–Crippen LogP) is 1.18. The fraction of sp³-hybridized carbons (Fsp3) is 0.333. The molecule has 5 nitrogen and oxygen atoms in total. The number of aliphatic hydroxyl groups is 1. The van der Waals surface area contributed by atoms with Gasteiger partial charge in [-0.05, 0) is 24.4 Å². The van der Waals surface area contributed by atoms with Crippen LogP contribution in [0.15, 0.2) is 27.9 Å². The third kappa shape index (κ3) is 1.85. The fourth-order valence-electron chi connectivity index (χ4n) is 1.58. The number of nitrogens with zero attached hydrogens (tertiary/aromatic N) is 2. The Morgan fingerprint density at radius 3 is 2.67 bits per heavy atom. The van der Waals surface area contributed by atoms with E-state index in [1.54, 1.807) is 0 Å². The summed E-state index contributed by atoms with van der Waals surface area (Å²) in [5, 5.41) is 12.8. The van der Waals surface area contributed by atoms with E-state index in [0.29, 0.717) is 0 Å². The van der Waals surface area contributed by atoms with Gasteiger partial charge < -0.3 is 15.3 Å². The third-order valence-electron chi connectivity index (χ3n) is 2.45. The van der Waals surface area contributed by atoms with E-state index in [-0.39, 0.29) is 16.5 Å². The van der Waals surface area contributed by atoms with Crippen LogP contribution >= 0.6 is 12.2 Å². The van der Waals surface area contributed by atoms with Gasteiger partial charge in [0.25, 0.3) is 5.72 Å². The highest BCUT2D eigenvalue weighted by molar-refractivity contribution is 7.80. The number of alkyl halides is 3. The number of thiocarbonyl (C=S) groups is 1. The number of rotatable bonds is 1. The molecule has 0 amide bonds. The van der Waals surface area contributed by atoms with Crippen LogP contribution in [0, 0.1) is 0 Å². The Morgan fingerprint density at radius 2 is 2.28 bits per heavy atom. The van der Waals surface area contributed by atoms with Crippen molar-refractivity contribution in [1.82, 2.24) is 5.01 Å². The fourth-order valence-corrected chi connectivity index (χ4v) is 1.77. The van der Waals surface area contributed by atoms with E-state index in [1.807, 2.05) is 0 Å². The number of halogens is 3. The highest BCUT2D eigenvalue weighted by atomic mass is 32.1. The Kier molecular flexibility index (Phi) is 2.82. The maximum Gasteiger partial charge on any atom is 0.438 e. The lowest BCUT2D eigenvalue weighted by Gasteiger charge is -2.32. The summed E-state index contributed by atoms with van der Waals surface area (Å²) in [6.07, 6.45) is -4.47. The summed E-state index contributed by atoms with van der Waals surface area (Å²) < 4.78 is 43.5. The van der Waals surface area contributed by atoms with Crippen LogP contribution in [0.3, 0.4) is 0 Å². The van der Waals surface area contributed by atoms with Gasteiger partial charge in [0.15, 0.2) is 5.11 Å². The molecule has 1 aromatic rings. The average molecular weight is 279 g/mol. The lowest BCUT2D eigenvalue weighted by molar-refractivity contribution is -0.294. The predicted molar refractivity (Wildman–Crippen MR) is 59.5 cm³/mol. The van der Waals surface area contributed by atoms with Gasteiger partial charge in [-0.1, -0.05) is 0 Å². The largest absolute Gasteiger partial charge is 0.463 e. The quantitative estimate of drug-likeness (QED) is 0.755. The second kappa shape index (κ2) is 3.95. The Balaban J connectivity index is 2.41. The average Bonchev–Trinajstić information content (AvgIpc) is 2.82. The molecule has 2 rings (SSSR count). The highest BCUT2D eigenvalue weighted by Gasteiger charge is 2.62. The minimum Gasteiger partial charge on any atom is -0.463 e. The van der Waals surface area contributed by atoms with Crippen molar-refractivity contribution in [3.8, 4) is 0 Å². The smallest absolute Gasteiger partial charge is 0.438 e. The molecule has 1 aliphatic heterocycles. The van der Waals surface area contributed by atoms with Crippen LogP contribution in [-0.4, -0.2) is 32.8 Å². The lowest BCUT2D eigenvalue weighted by Crippen LogP contribution is -2.57. The van der Waals surface area contributed by atoms with Gasteiger partial charge in [-0.2, -0.15) is 23.3 Å². The molecule has 98 valence electrons. The minimum atomic E-state index is -4.95. The van der Waals surface area contributed by atoms with Gasteiger partial charge in [-0.15, -0.1) is 0 Å². The molecule has 0 aliphatic carbocycles. The molecule has 1 atom stereocenters. The molecule has 9 heteroatoms. The van der Waals surface area contributed by atoms with E-state index in [9.17, 15) is 18.3 Å². The molecule has 0 unspecified atom stereocenters. The summed E-state index contributed by atoms with van der Waals surface area (Å²) >= 11 is 4.46. The van der Waals surface area contributed by atoms with Crippen molar-refractivity contribution in [1.29, 1.82) is 0 Å². The monoisotopic (exact) mass is 279 g/mol. The van der Waals surface area contributed by atoms with Crippen molar-refractivity contribution in [2.75, 3.05) is 0 Å². The van der Waals surface area contributed by atoms with Crippen molar-refractivity contribution in [2.24, 2.45) is 10.8 Å². The normalized spacial score (nSPS) is 24.2. The standard InChI is InChI=1S/C9H8F3N3O2S/c10-9(11,12)8(16)4-5(6-2-1-3-17-6)14-15(8)7(13)18/h1-3,16H,4H2,(H2,13,18)/t8-/m0/s1. The molecule has 0 aromatic carbocycles. The van der Waals surface area contributed by atoms with Gasteiger partial charge in [-0.3, -0.25) is 0 Å². The zero-order chi connectivity index (χ0) is 13.6. The maximum atomic E-state index is 12.9. The van der Waals surface area contributed by atoms with Gasteiger partial charge >= 0.3 is 6.18 Å². The summed E-state index contributed by atoms with van der Waals surface area (Å²) in [5.41, 5.74) is 1.83. The lowest BCUT2D eigenvalue weighted by atomic mass is 10.1. The molecular weight excluding hydrogens is 271 g/mol. The van der Waals surface area contributed by atoms with Crippen LogP contribution in [0.25, 0.3) is 0 Å². The summed E-state index contributed by atoms with van der Waals surface area (Å²) in [4.78, 5) is 0. The number of hydrogen-bond donors (Lipinski definition) is 2. The van der Waals surface area contributed by atoms with Crippen LogP contribution in [0.5, 0.6) is 0 Å². The highest BCUT2D eigenvalue weighted by Crippen LogP contribution is 2.41. The molecular formula is C9H8F3N3O2S. The van der Waals surface area contributed by atoms with Crippen LogP contribution < -0.4 is 5.73 Å². The summed E-state index contributed by atoms with van der Waals surface area (Å²) in [6, 6.07) is 2.92. The maximum absolute atomic E-state index is 12.9. The van der Waals surface area contributed by atoms with E-state index in [2.05, 4.69) is 17.3 Å². The van der Waals surface area contributed by atoms with Gasteiger partial charge in [0, 0.05) is 0 Å². The third-order valence-corrected chi connectivity index (χ3v) is 2.63. The van der Waals surface area contributed by atoms with E-state index in [1.165, 1.54) is 18.4 Å². The molecule has 0 radical (unpaired) electrons. The topological polar surface area (TPSA) is 75.0 Å². The molecule has 0 spiro atoms. The van der Waals surface area contributed by atoms with Crippen molar-refractivity contribution in [3.05, 3.63) is 24.2 Å². The molecule has 3 N–H and O–H groups in total.